The van der Waals surface area contributed by atoms with Crippen molar-refractivity contribution in [1.82, 2.24) is 4.90 Å². The van der Waals surface area contributed by atoms with E-state index in [1.807, 2.05) is 0 Å². The van der Waals surface area contributed by atoms with Crippen LogP contribution in [0.3, 0.4) is 0 Å². The molecule has 1 unspecified atom stereocenters. The maximum absolute atomic E-state index is 12.1. The molecule has 1 aromatic rings. The number of carbonyl (C=O) groups excluding carboxylic acids is 1. The van der Waals surface area contributed by atoms with Crippen molar-refractivity contribution in [1.29, 1.82) is 0 Å². The van der Waals surface area contributed by atoms with E-state index >= 15 is 0 Å². The first-order valence-electron chi connectivity index (χ1n) is 4.82. The van der Waals surface area contributed by atoms with Gasteiger partial charge >= 0.3 is 6.18 Å². The number of carbonyl (C=O) groups is 1. The number of likely N-dealkylation sites (N-methyl/N-ethyl adjacent to an activating group) is 1. The second-order valence-corrected chi connectivity index (χ2v) is 4.02. The molecule has 94 valence electrons. The van der Waals surface area contributed by atoms with Gasteiger partial charge in [-0.25, -0.2) is 0 Å². The SMILES string of the molecule is CN(CC(F)(F)F)C(=O)C(Cl)c1ccccc1. The lowest BCUT2D eigenvalue weighted by Crippen LogP contribution is -2.37. The van der Waals surface area contributed by atoms with E-state index in [0.29, 0.717) is 10.5 Å². The fraction of sp³-hybridized carbons (Fsp3) is 0.364. The van der Waals surface area contributed by atoms with Crippen molar-refractivity contribution in [3.05, 3.63) is 35.9 Å². The molecule has 0 spiro atoms. The van der Waals surface area contributed by atoms with Crippen molar-refractivity contribution in [3.8, 4) is 0 Å². The van der Waals surface area contributed by atoms with E-state index in [9.17, 15) is 18.0 Å². The first kappa shape index (κ1) is 13.8. The Morgan fingerprint density at radius 2 is 1.88 bits per heavy atom. The van der Waals surface area contributed by atoms with Crippen molar-refractivity contribution >= 4 is 17.5 Å². The van der Waals surface area contributed by atoms with Crippen LogP contribution < -0.4 is 0 Å². The van der Waals surface area contributed by atoms with Gasteiger partial charge in [0.25, 0.3) is 0 Å². The quantitative estimate of drug-likeness (QED) is 0.770. The van der Waals surface area contributed by atoms with Crippen molar-refractivity contribution in [2.75, 3.05) is 13.6 Å². The van der Waals surface area contributed by atoms with Gasteiger partial charge in [0.1, 0.15) is 11.9 Å². The van der Waals surface area contributed by atoms with Crippen LogP contribution in [-0.4, -0.2) is 30.6 Å². The van der Waals surface area contributed by atoms with Gasteiger partial charge < -0.3 is 4.90 Å². The fourth-order valence-corrected chi connectivity index (χ4v) is 1.62. The Morgan fingerprint density at radius 1 is 1.35 bits per heavy atom. The van der Waals surface area contributed by atoms with Crippen LogP contribution in [0.4, 0.5) is 13.2 Å². The van der Waals surface area contributed by atoms with E-state index in [0.717, 1.165) is 7.05 Å². The number of hydrogen-bond donors (Lipinski definition) is 0. The number of alkyl halides is 4. The molecule has 0 heterocycles. The van der Waals surface area contributed by atoms with Gasteiger partial charge in [0.05, 0.1) is 0 Å². The summed E-state index contributed by atoms with van der Waals surface area (Å²) in [5.74, 6) is -0.768. The van der Waals surface area contributed by atoms with Crippen LogP contribution in [0.5, 0.6) is 0 Å². The third kappa shape index (κ3) is 4.26. The number of halogens is 4. The molecule has 0 saturated heterocycles. The minimum absolute atomic E-state index is 0.480. The molecular formula is C11H11ClF3NO. The average molecular weight is 266 g/mol. The van der Waals surface area contributed by atoms with Gasteiger partial charge in [0, 0.05) is 7.05 Å². The molecule has 6 heteroatoms. The molecule has 0 aliphatic heterocycles. The summed E-state index contributed by atoms with van der Waals surface area (Å²) >= 11 is 5.82. The summed E-state index contributed by atoms with van der Waals surface area (Å²) in [6, 6.07) is 8.26. The molecule has 0 fully saturated rings. The maximum atomic E-state index is 12.1. The molecule has 1 atom stereocenters. The Bertz CT molecular complexity index is 380. The number of rotatable bonds is 3. The molecule has 17 heavy (non-hydrogen) atoms. The normalized spacial score (nSPS) is 13.2. The summed E-state index contributed by atoms with van der Waals surface area (Å²) < 4.78 is 36.3. The van der Waals surface area contributed by atoms with Crippen molar-refractivity contribution in [3.63, 3.8) is 0 Å². The standard InChI is InChI=1S/C11H11ClF3NO/c1-16(7-11(13,14)15)10(17)9(12)8-5-3-2-4-6-8/h2-6,9H,7H2,1H3. The molecule has 0 aliphatic rings. The van der Waals surface area contributed by atoms with Gasteiger partial charge in [-0.05, 0) is 5.56 Å². The Morgan fingerprint density at radius 3 is 2.35 bits per heavy atom. The molecule has 2 nitrogen and oxygen atoms in total. The zero-order chi connectivity index (χ0) is 13.1. The second-order valence-electron chi connectivity index (χ2n) is 3.58. The van der Waals surface area contributed by atoms with Gasteiger partial charge in [-0.2, -0.15) is 13.2 Å². The molecule has 0 bridgehead atoms. The van der Waals surface area contributed by atoms with Crippen LogP contribution in [-0.2, 0) is 4.79 Å². The second kappa shape index (κ2) is 5.40. The van der Waals surface area contributed by atoms with E-state index in [1.165, 1.54) is 0 Å². The van der Waals surface area contributed by atoms with Crippen molar-refractivity contribution < 1.29 is 18.0 Å². The lowest BCUT2D eigenvalue weighted by Gasteiger charge is -2.21. The molecule has 1 rings (SSSR count). The van der Waals surface area contributed by atoms with Crippen LogP contribution >= 0.6 is 11.6 Å². The smallest absolute Gasteiger partial charge is 0.335 e. The van der Waals surface area contributed by atoms with Crippen LogP contribution in [0.1, 0.15) is 10.9 Å². The third-order valence-electron chi connectivity index (χ3n) is 2.10. The highest BCUT2D eigenvalue weighted by Crippen LogP contribution is 2.24. The molecule has 1 aromatic carbocycles. The molecule has 0 saturated carbocycles. The van der Waals surface area contributed by atoms with Gasteiger partial charge in [-0.1, -0.05) is 30.3 Å². The van der Waals surface area contributed by atoms with Crippen LogP contribution in [0, 0.1) is 0 Å². The van der Waals surface area contributed by atoms with Crippen LogP contribution in [0.15, 0.2) is 30.3 Å². The minimum Gasteiger partial charge on any atom is -0.335 e. The van der Waals surface area contributed by atoms with E-state index in [2.05, 4.69) is 0 Å². The lowest BCUT2D eigenvalue weighted by atomic mass is 10.1. The summed E-state index contributed by atoms with van der Waals surface area (Å²) in [6.45, 7) is -1.30. The Hall–Kier alpha value is -1.23. The summed E-state index contributed by atoms with van der Waals surface area (Å²) in [6.07, 6.45) is -4.42. The maximum Gasteiger partial charge on any atom is 0.406 e. The predicted octanol–water partition coefficient (Wildman–Crippen LogP) is 2.99. The molecule has 0 radical (unpaired) electrons. The van der Waals surface area contributed by atoms with E-state index < -0.39 is 24.0 Å². The van der Waals surface area contributed by atoms with Gasteiger partial charge in [-0.15, -0.1) is 11.6 Å². The van der Waals surface area contributed by atoms with Crippen molar-refractivity contribution in [2.24, 2.45) is 0 Å². The number of benzene rings is 1. The molecular weight excluding hydrogens is 255 g/mol. The third-order valence-corrected chi connectivity index (χ3v) is 2.54. The lowest BCUT2D eigenvalue weighted by molar-refractivity contribution is -0.158. The van der Waals surface area contributed by atoms with Gasteiger partial charge in [0.2, 0.25) is 5.91 Å². The number of nitrogens with zero attached hydrogens (tertiary/aromatic N) is 1. The fourth-order valence-electron chi connectivity index (χ4n) is 1.30. The number of hydrogen-bond acceptors (Lipinski definition) is 1. The largest absolute Gasteiger partial charge is 0.406 e. The van der Waals surface area contributed by atoms with Crippen LogP contribution in [0.25, 0.3) is 0 Å². The topological polar surface area (TPSA) is 20.3 Å². The highest BCUT2D eigenvalue weighted by Gasteiger charge is 2.33. The first-order chi connectivity index (χ1) is 7.81. The van der Waals surface area contributed by atoms with E-state index in [4.69, 9.17) is 11.6 Å². The summed E-state index contributed by atoms with van der Waals surface area (Å²) in [5, 5.41) is -1.09. The molecule has 0 N–H and O–H groups in total. The zero-order valence-corrected chi connectivity index (χ0v) is 9.79. The van der Waals surface area contributed by atoms with Crippen LogP contribution in [0.2, 0.25) is 0 Å². The first-order valence-corrected chi connectivity index (χ1v) is 5.25. The van der Waals surface area contributed by atoms with E-state index in [1.54, 1.807) is 30.3 Å². The van der Waals surface area contributed by atoms with E-state index in [-0.39, 0.29) is 0 Å². The Labute approximate surface area is 102 Å². The predicted molar refractivity (Wildman–Crippen MR) is 58.7 cm³/mol. The number of amides is 1. The monoisotopic (exact) mass is 265 g/mol. The minimum atomic E-state index is -4.42. The zero-order valence-electron chi connectivity index (χ0n) is 9.04. The summed E-state index contributed by atoms with van der Waals surface area (Å²) in [7, 11) is 1.08. The van der Waals surface area contributed by atoms with Gasteiger partial charge in [0.15, 0.2) is 0 Å². The highest BCUT2D eigenvalue weighted by atomic mass is 35.5. The average Bonchev–Trinajstić information content (AvgIpc) is 2.26. The molecule has 1 amide bonds. The molecule has 0 aromatic heterocycles. The highest BCUT2D eigenvalue weighted by molar-refractivity contribution is 6.30. The molecule has 0 aliphatic carbocycles. The van der Waals surface area contributed by atoms with Gasteiger partial charge in [-0.3, -0.25) is 4.79 Å². The summed E-state index contributed by atoms with van der Waals surface area (Å²) in [5.41, 5.74) is 0.480. The Balaban J connectivity index is 2.71. The summed E-state index contributed by atoms with van der Waals surface area (Å²) in [4.78, 5) is 12.2. The van der Waals surface area contributed by atoms with Crippen molar-refractivity contribution in [2.45, 2.75) is 11.6 Å². The Kier molecular flexibility index (Phi) is 4.40.